The Morgan fingerprint density at radius 2 is 1.48 bits per heavy atom. The molecule has 23 heavy (non-hydrogen) atoms. The highest BCUT2D eigenvalue weighted by atomic mass is 16.5. The fourth-order valence-electron chi connectivity index (χ4n) is 1.76. The van der Waals surface area contributed by atoms with E-state index in [1.165, 1.54) is 6.92 Å². The Morgan fingerprint density at radius 1 is 0.913 bits per heavy atom. The molecule has 0 aromatic carbocycles. The molecule has 0 aromatic rings. The Bertz CT molecular complexity index is 385. The van der Waals surface area contributed by atoms with Gasteiger partial charge in [0.1, 0.15) is 12.1 Å². The Labute approximate surface area is 138 Å². The molecule has 7 heteroatoms. The summed E-state index contributed by atoms with van der Waals surface area (Å²) in [6.45, 7) is 9.83. The summed E-state index contributed by atoms with van der Waals surface area (Å²) >= 11 is 0. The molecule has 0 aliphatic carbocycles. The molecule has 7 nitrogen and oxygen atoms in total. The number of rotatable bonds is 10. The van der Waals surface area contributed by atoms with E-state index in [9.17, 15) is 14.4 Å². The van der Waals surface area contributed by atoms with E-state index in [0.29, 0.717) is 26.1 Å². The zero-order valence-corrected chi connectivity index (χ0v) is 14.8. The van der Waals surface area contributed by atoms with Crippen molar-refractivity contribution in [1.29, 1.82) is 0 Å². The van der Waals surface area contributed by atoms with Crippen molar-refractivity contribution in [3.63, 3.8) is 0 Å². The smallest absolute Gasteiger partial charge is 0.407 e. The van der Waals surface area contributed by atoms with Gasteiger partial charge in [0, 0.05) is 0 Å². The number of carbonyl (C=O) groups is 3. The van der Waals surface area contributed by atoms with Crippen LogP contribution in [0, 0.1) is 5.92 Å². The lowest BCUT2D eigenvalue weighted by atomic mass is 10.0. The highest BCUT2D eigenvalue weighted by molar-refractivity contribution is 5.89. The van der Waals surface area contributed by atoms with E-state index in [-0.39, 0.29) is 5.92 Å². The summed E-state index contributed by atoms with van der Waals surface area (Å²) in [7, 11) is 0. The molecule has 0 rings (SSSR count). The number of nitrogens with one attached hydrogen (secondary N) is 2. The van der Waals surface area contributed by atoms with Gasteiger partial charge in [-0.15, -0.1) is 0 Å². The summed E-state index contributed by atoms with van der Waals surface area (Å²) in [6.07, 6.45) is 1.24. The maximum atomic E-state index is 12.1. The van der Waals surface area contributed by atoms with E-state index >= 15 is 0 Å². The lowest BCUT2D eigenvalue weighted by Crippen LogP contribution is -2.51. The van der Waals surface area contributed by atoms with Crippen molar-refractivity contribution in [3.05, 3.63) is 0 Å². The zero-order valence-electron chi connectivity index (χ0n) is 14.8. The summed E-state index contributed by atoms with van der Waals surface area (Å²) in [4.78, 5) is 35.6. The lowest BCUT2D eigenvalue weighted by Gasteiger charge is -2.21. The van der Waals surface area contributed by atoms with Gasteiger partial charge in [-0.3, -0.25) is 4.79 Å². The van der Waals surface area contributed by atoms with Gasteiger partial charge in [-0.05, 0) is 32.1 Å². The van der Waals surface area contributed by atoms with E-state index < -0.39 is 30.1 Å². The third-order valence-corrected chi connectivity index (χ3v) is 2.92. The highest BCUT2D eigenvalue weighted by Gasteiger charge is 2.26. The first-order valence-electron chi connectivity index (χ1n) is 8.22. The van der Waals surface area contributed by atoms with Crippen molar-refractivity contribution in [2.75, 3.05) is 13.2 Å². The minimum atomic E-state index is -0.798. The van der Waals surface area contributed by atoms with Crippen molar-refractivity contribution >= 4 is 18.0 Å². The average molecular weight is 330 g/mol. The highest BCUT2D eigenvalue weighted by Crippen LogP contribution is 2.07. The second-order valence-corrected chi connectivity index (χ2v) is 5.86. The molecule has 134 valence electrons. The molecule has 2 unspecified atom stereocenters. The standard InChI is InChI=1S/C16H30N2O5/c1-6-8-22-15(20)13(10-11(3)4)18-14(19)12(5)17-16(21)23-9-7-2/h11-13H,6-10H2,1-5H3,(H,17,21)(H,18,19). The number of hydrogen-bond acceptors (Lipinski definition) is 5. The zero-order chi connectivity index (χ0) is 17.8. The number of carbonyl (C=O) groups excluding carboxylic acids is 3. The maximum absolute atomic E-state index is 12.1. The monoisotopic (exact) mass is 330 g/mol. The summed E-state index contributed by atoms with van der Waals surface area (Å²) in [6, 6.07) is -1.52. The van der Waals surface area contributed by atoms with E-state index in [0.717, 1.165) is 6.42 Å². The predicted molar refractivity (Wildman–Crippen MR) is 86.9 cm³/mol. The van der Waals surface area contributed by atoms with Gasteiger partial charge in [-0.25, -0.2) is 9.59 Å². The molecule has 0 saturated heterocycles. The molecule has 0 bridgehead atoms. The lowest BCUT2D eigenvalue weighted by molar-refractivity contribution is -0.148. The van der Waals surface area contributed by atoms with E-state index in [2.05, 4.69) is 10.6 Å². The van der Waals surface area contributed by atoms with Gasteiger partial charge < -0.3 is 20.1 Å². The van der Waals surface area contributed by atoms with Crippen LogP contribution in [-0.4, -0.2) is 43.3 Å². The molecule has 2 N–H and O–H groups in total. The Kier molecular flexibility index (Phi) is 10.8. The van der Waals surface area contributed by atoms with Gasteiger partial charge >= 0.3 is 12.1 Å². The first-order chi connectivity index (χ1) is 10.8. The topological polar surface area (TPSA) is 93.7 Å². The Morgan fingerprint density at radius 3 is 2.00 bits per heavy atom. The van der Waals surface area contributed by atoms with Gasteiger partial charge in [-0.1, -0.05) is 27.7 Å². The van der Waals surface area contributed by atoms with Crippen LogP contribution in [0.2, 0.25) is 0 Å². The predicted octanol–water partition coefficient (Wildman–Crippen LogP) is 2.00. The van der Waals surface area contributed by atoms with Gasteiger partial charge in [0.2, 0.25) is 5.91 Å². The summed E-state index contributed by atoms with van der Waals surface area (Å²) in [5.74, 6) is -0.681. The number of amides is 2. The van der Waals surface area contributed by atoms with E-state index in [4.69, 9.17) is 9.47 Å². The van der Waals surface area contributed by atoms with Gasteiger partial charge in [0.15, 0.2) is 0 Å². The minimum absolute atomic E-state index is 0.215. The quantitative estimate of drug-likeness (QED) is 0.598. The largest absolute Gasteiger partial charge is 0.464 e. The van der Waals surface area contributed by atoms with Crippen LogP contribution in [0.3, 0.4) is 0 Å². The molecule has 2 atom stereocenters. The van der Waals surface area contributed by atoms with Crippen LogP contribution in [0.1, 0.15) is 53.9 Å². The van der Waals surface area contributed by atoms with Crippen molar-refractivity contribution in [2.45, 2.75) is 66.0 Å². The van der Waals surface area contributed by atoms with Crippen LogP contribution in [-0.2, 0) is 19.1 Å². The molecule has 0 fully saturated rings. The van der Waals surface area contributed by atoms with Gasteiger partial charge in [0.25, 0.3) is 0 Å². The SMILES string of the molecule is CCCOC(=O)NC(C)C(=O)NC(CC(C)C)C(=O)OCCC. The van der Waals surface area contributed by atoms with Crippen LogP contribution in [0.5, 0.6) is 0 Å². The normalized spacial score (nSPS) is 13.1. The van der Waals surface area contributed by atoms with Crippen LogP contribution >= 0.6 is 0 Å². The van der Waals surface area contributed by atoms with Crippen molar-refractivity contribution < 1.29 is 23.9 Å². The molecular formula is C16H30N2O5. The number of ether oxygens (including phenoxy) is 2. The molecule has 0 aromatic heterocycles. The molecule has 0 heterocycles. The fourth-order valence-corrected chi connectivity index (χ4v) is 1.76. The first-order valence-corrected chi connectivity index (χ1v) is 8.22. The summed E-state index contributed by atoms with van der Waals surface area (Å²) < 4.78 is 9.96. The summed E-state index contributed by atoms with van der Waals surface area (Å²) in [5.41, 5.74) is 0. The number of alkyl carbamates (subject to hydrolysis) is 1. The van der Waals surface area contributed by atoms with Crippen LogP contribution in [0.4, 0.5) is 4.79 Å². The average Bonchev–Trinajstić information content (AvgIpc) is 2.49. The van der Waals surface area contributed by atoms with E-state index in [1.54, 1.807) is 0 Å². The number of hydrogen-bond donors (Lipinski definition) is 2. The molecule has 0 radical (unpaired) electrons. The second-order valence-electron chi connectivity index (χ2n) is 5.86. The Hall–Kier alpha value is -1.79. The Balaban J connectivity index is 4.55. The van der Waals surface area contributed by atoms with Crippen LogP contribution < -0.4 is 10.6 Å². The van der Waals surface area contributed by atoms with Crippen LogP contribution in [0.15, 0.2) is 0 Å². The maximum Gasteiger partial charge on any atom is 0.407 e. The molecule has 0 saturated carbocycles. The summed E-state index contributed by atoms with van der Waals surface area (Å²) in [5, 5.41) is 5.06. The van der Waals surface area contributed by atoms with E-state index in [1.807, 2.05) is 27.7 Å². The molecule has 0 aliphatic heterocycles. The van der Waals surface area contributed by atoms with Crippen molar-refractivity contribution in [3.8, 4) is 0 Å². The fraction of sp³-hybridized carbons (Fsp3) is 0.812. The molecular weight excluding hydrogens is 300 g/mol. The first kappa shape index (κ1) is 21.2. The molecule has 2 amide bonds. The van der Waals surface area contributed by atoms with Gasteiger partial charge in [0.05, 0.1) is 13.2 Å². The molecule has 0 spiro atoms. The second kappa shape index (κ2) is 11.7. The van der Waals surface area contributed by atoms with Crippen LogP contribution in [0.25, 0.3) is 0 Å². The third kappa shape index (κ3) is 9.76. The molecule has 0 aliphatic rings. The van der Waals surface area contributed by atoms with Crippen molar-refractivity contribution in [2.24, 2.45) is 5.92 Å². The minimum Gasteiger partial charge on any atom is -0.464 e. The third-order valence-electron chi connectivity index (χ3n) is 2.92. The number of esters is 1. The van der Waals surface area contributed by atoms with Gasteiger partial charge in [-0.2, -0.15) is 0 Å². The van der Waals surface area contributed by atoms with Crippen molar-refractivity contribution in [1.82, 2.24) is 10.6 Å².